The van der Waals surface area contributed by atoms with Crippen molar-refractivity contribution in [1.29, 1.82) is 0 Å². The third kappa shape index (κ3) is 3.33. The minimum Gasteiger partial charge on any atom is -0.506 e. The van der Waals surface area contributed by atoms with Gasteiger partial charge in [-0.3, -0.25) is 4.79 Å². The Hall–Kier alpha value is -1.26. The average Bonchev–Trinajstić information content (AvgIpc) is 2.92. The van der Waals surface area contributed by atoms with E-state index in [0.29, 0.717) is 11.4 Å². The van der Waals surface area contributed by atoms with E-state index in [4.69, 9.17) is 16.3 Å². The Morgan fingerprint density at radius 3 is 2.96 bits per heavy atom. The molecule has 0 unspecified atom stereocenters. The second-order valence-corrected chi connectivity index (χ2v) is 7.27. The van der Waals surface area contributed by atoms with Crippen molar-refractivity contribution in [3.63, 3.8) is 0 Å². The van der Waals surface area contributed by atoms with Crippen molar-refractivity contribution in [2.24, 2.45) is 5.41 Å². The van der Waals surface area contributed by atoms with Crippen molar-refractivity contribution in [1.82, 2.24) is 4.90 Å². The lowest BCUT2D eigenvalue weighted by atomic mass is 9.76. The molecular formula is C18H24ClNO3. The van der Waals surface area contributed by atoms with E-state index in [2.05, 4.69) is 0 Å². The fraction of sp³-hybridized carbons (Fsp3) is 0.611. The molecule has 23 heavy (non-hydrogen) atoms. The van der Waals surface area contributed by atoms with Crippen LogP contribution in [0, 0.1) is 5.41 Å². The van der Waals surface area contributed by atoms with E-state index in [0.717, 1.165) is 44.3 Å². The molecule has 1 aromatic rings. The summed E-state index contributed by atoms with van der Waals surface area (Å²) in [5.74, 6) is 0.182. The van der Waals surface area contributed by atoms with Gasteiger partial charge in [0.15, 0.2) is 0 Å². The minimum absolute atomic E-state index is 0.0497. The highest BCUT2D eigenvalue weighted by molar-refractivity contribution is 6.32. The van der Waals surface area contributed by atoms with Crippen molar-refractivity contribution in [3.8, 4) is 5.75 Å². The maximum atomic E-state index is 12.7. The normalized spacial score (nSPS) is 27.6. The van der Waals surface area contributed by atoms with E-state index in [1.165, 1.54) is 6.42 Å². The Kier molecular flexibility index (Phi) is 4.83. The fourth-order valence-electron chi connectivity index (χ4n) is 4.26. The highest BCUT2D eigenvalue weighted by Crippen LogP contribution is 2.46. The van der Waals surface area contributed by atoms with Gasteiger partial charge in [0, 0.05) is 25.6 Å². The number of ether oxygens (including phenoxy) is 1. The van der Waals surface area contributed by atoms with E-state index in [1.54, 1.807) is 25.3 Å². The second-order valence-electron chi connectivity index (χ2n) is 6.86. The number of hydrogen-bond acceptors (Lipinski definition) is 3. The van der Waals surface area contributed by atoms with Gasteiger partial charge in [-0.25, -0.2) is 0 Å². The molecule has 0 bridgehead atoms. The maximum absolute atomic E-state index is 12.7. The van der Waals surface area contributed by atoms with Crippen molar-refractivity contribution in [3.05, 3.63) is 28.8 Å². The molecule has 1 aliphatic heterocycles. The van der Waals surface area contributed by atoms with Crippen LogP contribution in [0.25, 0.3) is 0 Å². The third-order valence-corrected chi connectivity index (χ3v) is 5.74. The zero-order chi connectivity index (χ0) is 16.4. The first-order chi connectivity index (χ1) is 11.0. The Morgan fingerprint density at radius 1 is 1.43 bits per heavy atom. The van der Waals surface area contributed by atoms with Crippen molar-refractivity contribution >= 4 is 17.5 Å². The number of carbonyl (C=O) groups excluding carboxylic acids is 1. The lowest BCUT2D eigenvalue weighted by Crippen LogP contribution is -2.50. The van der Waals surface area contributed by atoms with Gasteiger partial charge in [0.1, 0.15) is 5.75 Å². The van der Waals surface area contributed by atoms with Crippen LogP contribution >= 0.6 is 11.6 Å². The van der Waals surface area contributed by atoms with Gasteiger partial charge in [-0.05, 0) is 43.4 Å². The van der Waals surface area contributed by atoms with Gasteiger partial charge >= 0.3 is 0 Å². The van der Waals surface area contributed by atoms with Crippen LogP contribution in [0.15, 0.2) is 18.2 Å². The molecule has 1 saturated heterocycles. The molecule has 2 fully saturated rings. The van der Waals surface area contributed by atoms with Gasteiger partial charge in [-0.15, -0.1) is 0 Å². The van der Waals surface area contributed by atoms with Gasteiger partial charge in [0.05, 0.1) is 17.5 Å². The number of carbonyl (C=O) groups is 1. The molecule has 3 rings (SSSR count). The third-order valence-electron chi connectivity index (χ3n) is 5.44. The van der Waals surface area contributed by atoms with Crippen molar-refractivity contribution < 1.29 is 14.6 Å². The smallest absolute Gasteiger partial charge is 0.227 e. The zero-order valence-corrected chi connectivity index (χ0v) is 14.3. The summed E-state index contributed by atoms with van der Waals surface area (Å²) in [6, 6.07) is 4.97. The fourth-order valence-corrected chi connectivity index (χ4v) is 4.46. The van der Waals surface area contributed by atoms with Crippen LogP contribution in [-0.4, -0.2) is 42.2 Å². The molecule has 2 aliphatic rings. The van der Waals surface area contributed by atoms with E-state index >= 15 is 0 Å². The molecule has 1 N–H and O–H groups in total. The number of phenolic OH excluding ortho intramolecular Hbond substituents is 1. The quantitative estimate of drug-likeness (QED) is 0.919. The lowest BCUT2D eigenvalue weighted by molar-refractivity contribution is -0.136. The molecule has 126 valence electrons. The summed E-state index contributed by atoms with van der Waals surface area (Å²) in [7, 11) is 1.79. The van der Waals surface area contributed by atoms with Crippen molar-refractivity contribution in [2.45, 2.75) is 44.6 Å². The van der Waals surface area contributed by atoms with Crippen LogP contribution in [0.2, 0.25) is 5.02 Å². The summed E-state index contributed by atoms with van der Waals surface area (Å²) in [6.07, 6.45) is 6.25. The van der Waals surface area contributed by atoms with E-state index in [1.807, 2.05) is 4.90 Å². The lowest BCUT2D eigenvalue weighted by Gasteiger charge is -2.43. The Labute approximate surface area is 142 Å². The molecule has 2 atom stereocenters. The van der Waals surface area contributed by atoms with E-state index < -0.39 is 0 Å². The molecule has 1 heterocycles. The Morgan fingerprint density at radius 2 is 2.22 bits per heavy atom. The minimum atomic E-state index is 0.0497. The van der Waals surface area contributed by atoms with Crippen LogP contribution < -0.4 is 0 Å². The first-order valence-corrected chi connectivity index (χ1v) is 8.70. The molecule has 1 aliphatic carbocycles. The highest BCUT2D eigenvalue weighted by atomic mass is 35.5. The summed E-state index contributed by atoms with van der Waals surface area (Å²) in [6.45, 7) is 1.62. The summed E-state index contributed by atoms with van der Waals surface area (Å²) in [5.41, 5.74) is 0.988. The number of benzene rings is 1. The predicted octanol–water partition coefficient (Wildman–Crippen LogP) is 3.40. The number of rotatable bonds is 3. The van der Waals surface area contributed by atoms with Crippen LogP contribution in [0.5, 0.6) is 5.75 Å². The van der Waals surface area contributed by atoms with E-state index in [9.17, 15) is 9.90 Å². The number of hydrogen-bond donors (Lipinski definition) is 1. The summed E-state index contributed by atoms with van der Waals surface area (Å²) in [4.78, 5) is 14.7. The largest absolute Gasteiger partial charge is 0.506 e. The Balaban J connectivity index is 1.68. The van der Waals surface area contributed by atoms with Gasteiger partial charge in [0.2, 0.25) is 5.91 Å². The van der Waals surface area contributed by atoms with Crippen LogP contribution in [-0.2, 0) is 16.0 Å². The second kappa shape index (κ2) is 6.70. The number of methoxy groups -OCH3 is 1. The van der Waals surface area contributed by atoms with Crippen LogP contribution in [0.4, 0.5) is 0 Å². The number of likely N-dealkylation sites (tertiary alicyclic amines) is 1. The Bertz CT molecular complexity index is 592. The molecular weight excluding hydrogens is 314 g/mol. The zero-order valence-electron chi connectivity index (χ0n) is 13.6. The first kappa shape index (κ1) is 16.6. The predicted molar refractivity (Wildman–Crippen MR) is 89.7 cm³/mol. The summed E-state index contributed by atoms with van der Waals surface area (Å²) in [5, 5.41) is 9.77. The van der Waals surface area contributed by atoms with Crippen LogP contribution in [0.1, 0.15) is 37.7 Å². The van der Waals surface area contributed by atoms with Gasteiger partial charge < -0.3 is 14.7 Å². The van der Waals surface area contributed by atoms with Crippen LogP contribution in [0.3, 0.4) is 0 Å². The molecule has 0 aromatic heterocycles. The monoisotopic (exact) mass is 337 g/mol. The molecule has 1 spiro atoms. The molecule has 1 amide bonds. The molecule has 0 radical (unpaired) electrons. The number of amides is 1. The SMILES string of the molecule is CO[C@@H]1CCC[C@@]12CCCN(C(=O)Cc1ccc(O)c(Cl)c1)C2. The molecule has 1 aromatic carbocycles. The van der Waals surface area contributed by atoms with Crippen molar-refractivity contribution in [2.75, 3.05) is 20.2 Å². The van der Waals surface area contributed by atoms with Gasteiger partial charge in [-0.1, -0.05) is 24.1 Å². The summed E-state index contributed by atoms with van der Waals surface area (Å²) < 4.78 is 5.70. The highest BCUT2D eigenvalue weighted by Gasteiger charge is 2.46. The number of piperidine rings is 1. The standard InChI is InChI=1S/C18H24ClNO3/c1-23-16-4-2-7-18(16)8-3-9-20(12-18)17(22)11-13-5-6-15(21)14(19)10-13/h5-6,10,16,21H,2-4,7-9,11-12H2,1H3/t16-,18+/m1/s1. The van der Waals surface area contributed by atoms with Gasteiger partial charge in [0.25, 0.3) is 0 Å². The summed E-state index contributed by atoms with van der Waals surface area (Å²) >= 11 is 5.93. The number of halogens is 1. The number of aromatic hydroxyl groups is 1. The number of phenols is 1. The first-order valence-electron chi connectivity index (χ1n) is 8.32. The average molecular weight is 338 g/mol. The topological polar surface area (TPSA) is 49.8 Å². The van der Waals surface area contributed by atoms with Gasteiger partial charge in [-0.2, -0.15) is 0 Å². The van der Waals surface area contributed by atoms with E-state index in [-0.39, 0.29) is 23.2 Å². The number of nitrogens with zero attached hydrogens (tertiary/aromatic N) is 1. The molecule has 5 heteroatoms. The maximum Gasteiger partial charge on any atom is 0.227 e. The molecule has 1 saturated carbocycles. The molecule has 4 nitrogen and oxygen atoms in total.